The van der Waals surface area contributed by atoms with Crippen LogP contribution in [0, 0.1) is 0 Å². The molecule has 7 rings (SSSR count). The summed E-state index contributed by atoms with van der Waals surface area (Å²) in [5.41, 5.74) is 14.1. The molecule has 13 atom stereocenters. The Bertz CT molecular complexity index is 4520. The van der Waals surface area contributed by atoms with E-state index in [1.165, 1.54) is 43.0 Å². The van der Waals surface area contributed by atoms with E-state index in [9.17, 15) is 82.8 Å². The number of aliphatic hydroxyl groups excluding tert-OH is 2. The highest BCUT2D eigenvalue weighted by Gasteiger charge is 2.39. The maximum absolute atomic E-state index is 15.2. The lowest BCUT2D eigenvalue weighted by atomic mass is 10.0. The second kappa shape index (κ2) is 42.7. The van der Waals surface area contributed by atoms with Gasteiger partial charge in [-0.2, -0.15) is 25.3 Å². The average Bonchev–Trinajstić information content (AvgIpc) is 1.50. The van der Waals surface area contributed by atoms with E-state index < -0.39 is 205 Å². The van der Waals surface area contributed by atoms with Gasteiger partial charge in [0.25, 0.3) is 0 Å². The number of fused-ring (bicyclic) bond motifs is 2. The molecule has 0 aliphatic rings. The number of thiol groups is 2. The molecule has 0 unspecified atom stereocenters. The number of aromatic nitrogens is 4. The number of H-pyrrole nitrogens is 3. The number of hydrogen-bond donors (Lipinski definition) is 23. The van der Waals surface area contributed by atoms with Crippen molar-refractivity contribution >= 4 is 136 Å². The van der Waals surface area contributed by atoms with E-state index in [-0.39, 0.29) is 49.3 Å². The molecule has 113 heavy (non-hydrogen) atoms. The molecule has 4 aromatic carbocycles. The Morgan fingerprint density at radius 2 is 0.805 bits per heavy atom. The summed E-state index contributed by atoms with van der Waals surface area (Å²) < 4.78 is 0. The van der Waals surface area contributed by atoms with Gasteiger partial charge in [0.15, 0.2) is 0 Å². The molecule has 0 saturated carbocycles. The number of nitrogens with one attached hydrogen (secondary N) is 15. The summed E-state index contributed by atoms with van der Waals surface area (Å²) >= 11 is 8.42. The molecule has 0 spiro atoms. The molecule has 37 nitrogen and oxygen atoms in total. The number of aliphatic hydroxyl groups is 2. The van der Waals surface area contributed by atoms with Crippen LogP contribution in [0.4, 0.5) is 0 Å². The van der Waals surface area contributed by atoms with Crippen LogP contribution in [0.5, 0.6) is 5.75 Å². The number of aliphatic carboxylic acids is 1. The molecule has 3 aromatic heterocycles. The number of phenolic OH excluding ortho intramolecular Hbond substituents is 1. The zero-order valence-corrected chi connectivity index (χ0v) is 63.3. The van der Waals surface area contributed by atoms with Crippen LogP contribution < -0.4 is 75.3 Å². The first-order valence-electron chi connectivity index (χ1n) is 35.6. The first kappa shape index (κ1) is 87.9. The number of imidazole rings is 1. The van der Waals surface area contributed by atoms with Crippen molar-refractivity contribution < 1.29 is 92.3 Å². The standard InChI is InChI=1S/C74H92N18O19S2/c1-37(93)62(92-74(111)63(38(2)94)91-72(109)57(34-112)82-39(3)95)73(110)89-55(28-43-31-79-49-16-10-8-14-47(43)49)68(105)84-51(22-24-61(99)100)66(103)90-58(35-113)71(108)86-53(26-41-17-19-45(96)20-18-41)67(104)87-54(27-42-30-78-48-15-9-7-13-46(42)48)69(106)88-56(29-44-32-77-36-81-44)70(107)83-50(21-23-59(75)97)65(102)85-52(64(101)80-33-60(76)98)25-40-11-5-4-6-12-40/h4-20,30-32,36-38,50-58,62-63,78-79,93-94,96,112-113H,21-29,33-35H2,1-3H3,(H2,75,97)(H2,76,98)(H,77,81)(H,80,101)(H,82,95)(H,83,107)(H,84,105)(H,85,102)(H,86,108)(H,87,104)(H,88,106)(H,89,110)(H,90,103)(H,91,109)(H,92,111)(H,99,100)/t37-,38-,50+,51+,52+,53+,54+,55+,56+,57+,58+,62+,63+/m1/s1. The SMILES string of the molecule is CC(=O)N[C@@H](CS)C(=O)N[C@H](C(=O)N[C@H](C(=O)N[C@@H](Cc1c[nH]c2ccccc12)C(=O)N[C@@H](CCC(=O)O)C(=O)N[C@@H](CS)C(=O)N[C@@H](Cc1ccc(O)cc1)C(=O)N[C@@H](Cc1c[nH]c2ccccc12)C(=O)N[C@@H](Cc1cnc[nH]1)C(=O)N[C@@H](CCC(N)=O)C(=O)N[C@@H](Cc1ccccc1)C(=O)NCC(N)=O)[C@@H](C)O)[C@@H](C)O. The zero-order chi connectivity index (χ0) is 82.6. The fourth-order valence-electron chi connectivity index (χ4n) is 11.9. The molecule has 0 fully saturated rings. The number of carbonyl (C=O) groups excluding carboxylic acids is 14. The van der Waals surface area contributed by atoms with Crippen LogP contribution in [0.2, 0.25) is 0 Å². The van der Waals surface area contributed by atoms with Gasteiger partial charge in [0.2, 0.25) is 82.7 Å². The number of benzene rings is 4. The smallest absolute Gasteiger partial charge is 0.303 e. The minimum Gasteiger partial charge on any atom is -0.508 e. The van der Waals surface area contributed by atoms with E-state index in [0.717, 1.165) is 20.8 Å². The van der Waals surface area contributed by atoms with Gasteiger partial charge in [-0.15, -0.1) is 0 Å². The summed E-state index contributed by atoms with van der Waals surface area (Å²) in [6, 6.07) is 9.25. The van der Waals surface area contributed by atoms with Gasteiger partial charge in [0.1, 0.15) is 72.2 Å². The van der Waals surface area contributed by atoms with E-state index >= 15 is 9.59 Å². The predicted octanol–water partition coefficient (Wildman–Crippen LogP) is -3.70. The summed E-state index contributed by atoms with van der Waals surface area (Å²) in [5.74, 6) is -16.5. The number of aromatic hydroxyl groups is 1. The number of nitrogens with zero attached hydrogens (tertiary/aromatic N) is 1. The molecule has 39 heteroatoms. The zero-order valence-electron chi connectivity index (χ0n) is 61.5. The van der Waals surface area contributed by atoms with Crippen molar-refractivity contribution in [2.24, 2.45) is 11.5 Å². The number of carboxylic acid groups (broad SMARTS) is 1. The van der Waals surface area contributed by atoms with E-state index in [2.05, 4.69) is 109 Å². The minimum absolute atomic E-state index is 0.118. The summed E-state index contributed by atoms with van der Waals surface area (Å²) in [6.07, 6.45) is -1.57. The number of carbonyl (C=O) groups is 15. The normalized spacial score (nSPS) is 14.6. The second-order valence-electron chi connectivity index (χ2n) is 26.7. The fraction of sp³-hybridized carbons (Fsp3) is 0.378. The molecule has 3 heterocycles. The number of amides is 14. The van der Waals surface area contributed by atoms with Gasteiger partial charge in [0, 0.05) is 109 Å². The average molecular weight is 1600 g/mol. The largest absolute Gasteiger partial charge is 0.508 e. The number of phenols is 1. The van der Waals surface area contributed by atoms with Crippen molar-refractivity contribution in [1.82, 2.24) is 83.7 Å². The molecule has 23 N–H and O–H groups in total. The Hall–Kier alpha value is -12.4. The van der Waals surface area contributed by atoms with Crippen LogP contribution in [0.3, 0.4) is 0 Å². The molecule has 0 saturated heterocycles. The van der Waals surface area contributed by atoms with E-state index in [0.29, 0.717) is 44.1 Å². The topological polar surface area (TPSA) is 594 Å². The lowest BCUT2D eigenvalue weighted by Crippen LogP contribution is -2.63. The van der Waals surface area contributed by atoms with Crippen LogP contribution in [-0.2, 0) is 104 Å². The summed E-state index contributed by atoms with van der Waals surface area (Å²) in [6.45, 7) is 2.78. The predicted molar refractivity (Wildman–Crippen MR) is 414 cm³/mol. The van der Waals surface area contributed by atoms with Crippen molar-refractivity contribution in [2.75, 3.05) is 18.1 Å². The Morgan fingerprint density at radius 1 is 0.425 bits per heavy atom. The molecular formula is C74H92N18O19S2. The molecule has 0 aliphatic heterocycles. The van der Waals surface area contributed by atoms with Crippen LogP contribution in [0.1, 0.15) is 74.4 Å². The number of aromatic amines is 3. The molecule has 604 valence electrons. The van der Waals surface area contributed by atoms with Crippen LogP contribution in [0.15, 0.2) is 128 Å². The fourth-order valence-corrected chi connectivity index (χ4v) is 12.4. The second-order valence-corrected chi connectivity index (χ2v) is 27.4. The number of carboxylic acids is 1. The van der Waals surface area contributed by atoms with Gasteiger partial charge in [-0.05, 0) is 73.2 Å². The van der Waals surface area contributed by atoms with Crippen LogP contribution >= 0.6 is 25.3 Å². The van der Waals surface area contributed by atoms with Crippen molar-refractivity contribution in [3.05, 3.63) is 156 Å². The summed E-state index contributed by atoms with van der Waals surface area (Å²) in [4.78, 5) is 220. The van der Waals surface area contributed by atoms with Gasteiger partial charge in [-0.25, -0.2) is 4.98 Å². The Morgan fingerprint density at radius 3 is 1.26 bits per heavy atom. The van der Waals surface area contributed by atoms with Crippen molar-refractivity contribution in [3.8, 4) is 5.75 Å². The van der Waals surface area contributed by atoms with Gasteiger partial charge in [0.05, 0.1) is 25.1 Å². The maximum atomic E-state index is 15.2. The summed E-state index contributed by atoms with van der Waals surface area (Å²) in [5, 5.41) is 72.8. The van der Waals surface area contributed by atoms with Gasteiger partial charge in [-0.1, -0.05) is 78.9 Å². The quantitative estimate of drug-likeness (QED) is 0.0163. The van der Waals surface area contributed by atoms with Crippen LogP contribution in [-0.4, -0.2) is 226 Å². The monoisotopic (exact) mass is 1600 g/mol. The molecule has 0 radical (unpaired) electrons. The highest BCUT2D eigenvalue weighted by molar-refractivity contribution is 7.80. The van der Waals surface area contributed by atoms with Gasteiger partial charge < -0.3 is 111 Å². The maximum Gasteiger partial charge on any atom is 0.303 e. The number of para-hydroxylation sites is 2. The van der Waals surface area contributed by atoms with Gasteiger partial charge in [-0.3, -0.25) is 71.9 Å². The third-order valence-corrected chi connectivity index (χ3v) is 18.6. The lowest BCUT2D eigenvalue weighted by Gasteiger charge is -2.29. The van der Waals surface area contributed by atoms with Crippen molar-refractivity contribution in [1.29, 1.82) is 0 Å². The minimum atomic E-state index is -1.93. The number of hydrogen-bond acceptors (Lipinski definition) is 21. The first-order valence-corrected chi connectivity index (χ1v) is 36.9. The number of primary amides is 2. The van der Waals surface area contributed by atoms with E-state index in [1.807, 2.05) is 0 Å². The Kier molecular flexibility index (Phi) is 33.2. The summed E-state index contributed by atoms with van der Waals surface area (Å²) in [7, 11) is 0. The highest BCUT2D eigenvalue weighted by Crippen LogP contribution is 2.23. The van der Waals surface area contributed by atoms with Crippen molar-refractivity contribution in [2.45, 2.75) is 157 Å². The highest BCUT2D eigenvalue weighted by atomic mass is 32.1. The molecule has 7 aromatic rings. The van der Waals surface area contributed by atoms with Gasteiger partial charge >= 0.3 is 5.97 Å². The number of rotatable bonds is 44. The Balaban J connectivity index is 1.16. The molecule has 14 amide bonds. The number of nitrogens with two attached hydrogens (primary N) is 2. The molecule has 0 aliphatic carbocycles. The molecular weight excluding hydrogens is 1510 g/mol. The van der Waals surface area contributed by atoms with E-state index in [4.69, 9.17) is 11.5 Å². The Labute approximate surface area is 657 Å². The van der Waals surface area contributed by atoms with Crippen molar-refractivity contribution in [3.63, 3.8) is 0 Å². The van der Waals surface area contributed by atoms with Crippen LogP contribution in [0.25, 0.3) is 21.8 Å². The lowest BCUT2D eigenvalue weighted by molar-refractivity contribution is -0.139. The molecule has 0 bridgehead atoms. The third kappa shape index (κ3) is 27.0. The van der Waals surface area contributed by atoms with E-state index in [1.54, 1.807) is 85.1 Å². The third-order valence-electron chi connectivity index (χ3n) is 17.8. The first-order chi connectivity index (χ1) is 53.8.